The predicted octanol–water partition coefficient (Wildman–Crippen LogP) is 3.31. The van der Waals surface area contributed by atoms with Gasteiger partial charge in [0.2, 0.25) is 10.0 Å². The van der Waals surface area contributed by atoms with Gasteiger partial charge in [0, 0.05) is 36.6 Å². The Kier molecular flexibility index (Phi) is 5.51. The summed E-state index contributed by atoms with van der Waals surface area (Å²) >= 11 is 0. The molecule has 0 bridgehead atoms. The molecule has 0 aliphatic carbocycles. The number of aliphatic hydroxyl groups excluding tert-OH is 1. The van der Waals surface area contributed by atoms with Crippen LogP contribution in [0, 0.1) is 0 Å². The number of nitrogens with zero attached hydrogens (tertiary/aromatic N) is 1. The molecule has 2 atom stereocenters. The minimum absolute atomic E-state index is 0.204. The zero-order valence-corrected chi connectivity index (χ0v) is 16.4. The first kappa shape index (κ1) is 19.4. The molecule has 0 amide bonds. The highest BCUT2D eigenvalue weighted by Gasteiger charge is 2.25. The monoisotopic (exact) mass is 384 g/mol. The van der Waals surface area contributed by atoms with E-state index in [9.17, 15) is 13.5 Å². The van der Waals surface area contributed by atoms with E-state index in [1.54, 1.807) is 37.3 Å². The molecule has 142 valence electrons. The quantitative estimate of drug-likeness (QED) is 0.684. The maximum absolute atomic E-state index is 13.0. The molecule has 0 radical (unpaired) electrons. The molecule has 0 saturated heterocycles. The molecule has 6 heteroatoms. The molecule has 3 aromatic rings. The summed E-state index contributed by atoms with van der Waals surface area (Å²) in [6.07, 6.45) is -0.937. The Morgan fingerprint density at radius 3 is 2.19 bits per heavy atom. The van der Waals surface area contributed by atoms with E-state index in [2.05, 4.69) is 4.72 Å². The predicted molar refractivity (Wildman–Crippen MR) is 109 cm³/mol. The number of sulfonamides is 1. The number of hydrogen-bond donors (Lipinski definition) is 2. The Morgan fingerprint density at radius 2 is 1.52 bits per heavy atom. The Balaban J connectivity index is 1.97. The van der Waals surface area contributed by atoms with E-state index in [0.717, 1.165) is 11.1 Å². The topological polar surface area (TPSA) is 69.6 Å². The maximum Gasteiger partial charge on any atom is 0.241 e. The van der Waals surface area contributed by atoms with E-state index in [4.69, 9.17) is 0 Å². The van der Waals surface area contributed by atoms with Crippen molar-refractivity contribution < 1.29 is 13.5 Å². The second kappa shape index (κ2) is 7.68. The van der Waals surface area contributed by atoms with E-state index in [1.165, 1.54) is 0 Å². The average molecular weight is 385 g/mol. The summed E-state index contributed by atoms with van der Waals surface area (Å²) in [5.41, 5.74) is 1.61. The number of fused-ring (bicyclic) bond motifs is 1. The lowest BCUT2D eigenvalue weighted by Gasteiger charge is -2.22. The van der Waals surface area contributed by atoms with Crippen LogP contribution in [0.1, 0.15) is 18.6 Å². The molecule has 0 aliphatic heterocycles. The molecule has 0 aliphatic rings. The van der Waals surface area contributed by atoms with Gasteiger partial charge >= 0.3 is 0 Å². The molecule has 0 heterocycles. The molecule has 2 N–H and O–H groups in total. The molecule has 0 saturated carbocycles. The first-order valence-corrected chi connectivity index (χ1v) is 10.2. The van der Waals surface area contributed by atoms with Crippen molar-refractivity contribution in [3.63, 3.8) is 0 Å². The van der Waals surface area contributed by atoms with Crippen molar-refractivity contribution in [3.05, 3.63) is 72.3 Å². The summed E-state index contributed by atoms with van der Waals surface area (Å²) in [5.74, 6) is 0. The van der Waals surface area contributed by atoms with Crippen LogP contribution in [0.15, 0.2) is 71.6 Å². The average Bonchev–Trinajstić information content (AvgIpc) is 2.66. The van der Waals surface area contributed by atoms with E-state index >= 15 is 0 Å². The molecule has 2 unspecified atom stereocenters. The number of nitrogens with one attached hydrogen (secondary N) is 1. The highest BCUT2D eigenvalue weighted by molar-refractivity contribution is 7.89. The van der Waals surface area contributed by atoms with Crippen molar-refractivity contribution in [3.8, 4) is 0 Å². The van der Waals surface area contributed by atoms with Crippen LogP contribution in [0.2, 0.25) is 0 Å². The van der Waals surface area contributed by atoms with Gasteiger partial charge in [0.1, 0.15) is 0 Å². The number of benzene rings is 3. The lowest BCUT2D eigenvalue weighted by Crippen LogP contribution is -2.37. The van der Waals surface area contributed by atoms with Crippen LogP contribution in [0.5, 0.6) is 0 Å². The smallest absolute Gasteiger partial charge is 0.241 e. The van der Waals surface area contributed by atoms with Gasteiger partial charge in [-0.2, -0.15) is 0 Å². The van der Waals surface area contributed by atoms with Crippen molar-refractivity contribution in [2.75, 3.05) is 19.0 Å². The van der Waals surface area contributed by atoms with Crippen LogP contribution in [0.25, 0.3) is 10.8 Å². The number of anilines is 1. The largest absolute Gasteiger partial charge is 0.387 e. The van der Waals surface area contributed by atoms with Crippen LogP contribution in [0.4, 0.5) is 5.69 Å². The highest BCUT2D eigenvalue weighted by atomic mass is 32.2. The SMILES string of the molecule is CC(NS(=O)(=O)c1cccc2c(N(C)C)cccc12)C(O)c1ccccc1. The molecule has 5 nitrogen and oxygen atoms in total. The summed E-state index contributed by atoms with van der Waals surface area (Å²) in [7, 11) is 0.0361. The van der Waals surface area contributed by atoms with Crippen molar-refractivity contribution in [2.24, 2.45) is 0 Å². The second-order valence-corrected chi connectivity index (χ2v) is 8.47. The second-order valence-electron chi connectivity index (χ2n) is 6.79. The first-order chi connectivity index (χ1) is 12.8. The Hall–Kier alpha value is -2.41. The van der Waals surface area contributed by atoms with Gasteiger partial charge in [0.25, 0.3) is 0 Å². The third-order valence-corrected chi connectivity index (χ3v) is 6.20. The van der Waals surface area contributed by atoms with Crippen LogP contribution in [0.3, 0.4) is 0 Å². The van der Waals surface area contributed by atoms with E-state index < -0.39 is 22.2 Å². The molecule has 0 spiro atoms. The molecule has 0 aromatic heterocycles. The van der Waals surface area contributed by atoms with Gasteiger partial charge in [-0.15, -0.1) is 0 Å². The fraction of sp³-hybridized carbons (Fsp3) is 0.238. The van der Waals surface area contributed by atoms with Gasteiger partial charge in [0.15, 0.2) is 0 Å². The molecular weight excluding hydrogens is 360 g/mol. The van der Waals surface area contributed by atoms with Crippen molar-refractivity contribution in [1.29, 1.82) is 0 Å². The standard InChI is InChI=1S/C21H24N2O3S/c1-15(21(24)16-9-5-4-6-10-16)22-27(25,26)20-14-8-11-17-18(20)12-7-13-19(17)23(2)3/h4-15,21-22,24H,1-3H3. The van der Waals surface area contributed by atoms with Gasteiger partial charge in [-0.05, 0) is 24.6 Å². The molecule has 3 rings (SSSR count). The summed E-state index contributed by atoms with van der Waals surface area (Å²) in [6, 6.07) is 19.2. The number of rotatable bonds is 6. The minimum atomic E-state index is -3.81. The molecule has 27 heavy (non-hydrogen) atoms. The minimum Gasteiger partial charge on any atom is -0.387 e. The van der Waals surface area contributed by atoms with E-state index in [1.807, 2.05) is 55.4 Å². The van der Waals surface area contributed by atoms with Gasteiger partial charge in [-0.25, -0.2) is 13.1 Å². The lowest BCUT2D eigenvalue weighted by atomic mass is 10.0. The van der Waals surface area contributed by atoms with Crippen LogP contribution < -0.4 is 9.62 Å². The van der Waals surface area contributed by atoms with Crippen molar-refractivity contribution in [2.45, 2.75) is 24.0 Å². The van der Waals surface area contributed by atoms with Gasteiger partial charge in [-0.1, -0.05) is 54.6 Å². The summed E-state index contributed by atoms with van der Waals surface area (Å²) in [4.78, 5) is 2.16. The van der Waals surface area contributed by atoms with Crippen LogP contribution in [-0.4, -0.2) is 33.7 Å². The molecule has 3 aromatic carbocycles. The summed E-state index contributed by atoms with van der Waals surface area (Å²) in [6.45, 7) is 1.66. The summed E-state index contributed by atoms with van der Waals surface area (Å²) < 4.78 is 28.7. The first-order valence-electron chi connectivity index (χ1n) is 8.75. The van der Waals surface area contributed by atoms with Gasteiger partial charge in [0.05, 0.1) is 11.0 Å². The van der Waals surface area contributed by atoms with E-state index in [0.29, 0.717) is 10.9 Å². The zero-order chi connectivity index (χ0) is 19.6. The zero-order valence-electron chi connectivity index (χ0n) is 15.6. The fourth-order valence-electron chi connectivity index (χ4n) is 3.20. The highest BCUT2D eigenvalue weighted by Crippen LogP contribution is 2.30. The Labute approximate surface area is 160 Å². The van der Waals surface area contributed by atoms with Crippen LogP contribution >= 0.6 is 0 Å². The molecule has 0 fully saturated rings. The fourth-order valence-corrected chi connectivity index (χ4v) is 4.67. The van der Waals surface area contributed by atoms with Crippen molar-refractivity contribution in [1.82, 2.24) is 4.72 Å². The third-order valence-electron chi connectivity index (χ3n) is 4.59. The number of aliphatic hydroxyl groups is 1. The summed E-state index contributed by atoms with van der Waals surface area (Å²) in [5, 5.41) is 12.0. The van der Waals surface area contributed by atoms with E-state index in [-0.39, 0.29) is 4.90 Å². The van der Waals surface area contributed by atoms with Crippen LogP contribution in [-0.2, 0) is 10.0 Å². The number of hydrogen-bond acceptors (Lipinski definition) is 4. The molecular formula is C21H24N2O3S. The maximum atomic E-state index is 13.0. The van der Waals surface area contributed by atoms with Crippen molar-refractivity contribution >= 4 is 26.5 Å². The Bertz CT molecular complexity index is 1030. The Morgan fingerprint density at radius 1 is 0.889 bits per heavy atom. The van der Waals surface area contributed by atoms with Gasteiger partial charge in [-0.3, -0.25) is 0 Å². The third kappa shape index (κ3) is 3.98. The lowest BCUT2D eigenvalue weighted by molar-refractivity contribution is 0.146. The normalized spacial score (nSPS) is 14.1. The van der Waals surface area contributed by atoms with Gasteiger partial charge < -0.3 is 10.0 Å².